The van der Waals surface area contributed by atoms with Crippen molar-refractivity contribution in [1.82, 2.24) is 10.2 Å². The van der Waals surface area contributed by atoms with Crippen molar-refractivity contribution >= 4 is 30.7 Å². The summed E-state index contributed by atoms with van der Waals surface area (Å²) in [5.74, 6) is 1.22. The molecule has 3 saturated carbocycles. The van der Waals surface area contributed by atoms with E-state index in [9.17, 15) is 4.79 Å². The number of carbonyl (C=O) groups excluding carboxylic acids is 1. The van der Waals surface area contributed by atoms with E-state index >= 15 is 0 Å². The second kappa shape index (κ2) is 10.3. The SMILES string of the molecule is CCN(Cc1ccc(C(=O)NC2C3CCCC2CC(N)C3)cc1)C1CC1.Cl.Cl. The molecule has 3 aliphatic rings. The van der Waals surface area contributed by atoms with Gasteiger partial charge in [0.2, 0.25) is 0 Å². The smallest absolute Gasteiger partial charge is 0.251 e. The lowest BCUT2D eigenvalue weighted by Crippen LogP contribution is -2.53. The summed E-state index contributed by atoms with van der Waals surface area (Å²) >= 11 is 0. The van der Waals surface area contributed by atoms with Crippen LogP contribution in [0.25, 0.3) is 0 Å². The zero-order chi connectivity index (χ0) is 18.1. The summed E-state index contributed by atoms with van der Waals surface area (Å²) in [5, 5.41) is 3.35. The molecule has 0 aromatic heterocycles. The first-order valence-corrected chi connectivity index (χ1v) is 10.5. The van der Waals surface area contributed by atoms with Crippen molar-refractivity contribution in [1.29, 1.82) is 0 Å². The first kappa shape index (κ1) is 23.5. The molecule has 0 radical (unpaired) electrons. The Morgan fingerprint density at radius 3 is 2.21 bits per heavy atom. The highest BCUT2D eigenvalue weighted by Crippen LogP contribution is 2.39. The van der Waals surface area contributed by atoms with Crippen LogP contribution < -0.4 is 11.1 Å². The van der Waals surface area contributed by atoms with Crippen LogP contribution in [0.5, 0.6) is 0 Å². The number of halogens is 2. The zero-order valence-electron chi connectivity index (χ0n) is 16.8. The van der Waals surface area contributed by atoms with E-state index in [1.807, 2.05) is 12.1 Å². The Balaban J connectivity index is 0.00000140. The van der Waals surface area contributed by atoms with Gasteiger partial charge in [-0.1, -0.05) is 25.5 Å². The van der Waals surface area contributed by atoms with Gasteiger partial charge in [-0.05, 0) is 74.6 Å². The summed E-state index contributed by atoms with van der Waals surface area (Å²) in [7, 11) is 0. The lowest BCUT2D eigenvalue weighted by molar-refractivity contribution is 0.0756. The standard InChI is InChI=1S/C22H33N3O.2ClH/c1-2-25(20-10-11-20)14-15-6-8-16(9-7-15)22(26)24-21-17-4-3-5-18(21)13-19(23)12-17;;/h6-9,17-21H,2-5,10-14,23H2,1H3,(H,24,26);2*1H. The fourth-order valence-corrected chi connectivity index (χ4v) is 5.19. The molecule has 28 heavy (non-hydrogen) atoms. The molecule has 3 fully saturated rings. The first-order chi connectivity index (χ1) is 12.6. The Bertz CT molecular complexity index is 621. The van der Waals surface area contributed by atoms with Gasteiger partial charge in [0, 0.05) is 30.2 Å². The summed E-state index contributed by atoms with van der Waals surface area (Å²) in [5.41, 5.74) is 8.30. The molecule has 4 nitrogen and oxygen atoms in total. The van der Waals surface area contributed by atoms with Crippen molar-refractivity contribution in [3.8, 4) is 0 Å². The largest absolute Gasteiger partial charge is 0.349 e. The van der Waals surface area contributed by atoms with E-state index in [2.05, 4.69) is 29.3 Å². The fraction of sp³-hybridized carbons (Fsp3) is 0.682. The number of carbonyl (C=O) groups is 1. The predicted molar refractivity (Wildman–Crippen MR) is 119 cm³/mol. The molecule has 4 rings (SSSR count). The second-order valence-corrected chi connectivity index (χ2v) is 8.67. The minimum Gasteiger partial charge on any atom is -0.349 e. The Labute approximate surface area is 181 Å². The van der Waals surface area contributed by atoms with Crippen molar-refractivity contribution in [2.24, 2.45) is 17.6 Å². The molecule has 2 atom stereocenters. The number of nitrogens with one attached hydrogen (secondary N) is 1. The van der Waals surface area contributed by atoms with Gasteiger partial charge in [0.25, 0.3) is 5.91 Å². The van der Waals surface area contributed by atoms with Gasteiger partial charge in [-0.3, -0.25) is 9.69 Å². The lowest BCUT2D eigenvalue weighted by atomic mass is 9.67. The number of benzene rings is 1. The molecule has 158 valence electrons. The summed E-state index contributed by atoms with van der Waals surface area (Å²) in [6.07, 6.45) is 8.51. The Kier molecular flexibility index (Phi) is 8.62. The van der Waals surface area contributed by atoms with E-state index in [4.69, 9.17) is 5.73 Å². The first-order valence-electron chi connectivity index (χ1n) is 10.5. The molecule has 1 aromatic carbocycles. The normalized spacial score (nSPS) is 28.8. The molecule has 0 aliphatic heterocycles. The van der Waals surface area contributed by atoms with Crippen LogP contribution in [0.4, 0.5) is 0 Å². The van der Waals surface area contributed by atoms with Crippen LogP contribution in [-0.2, 0) is 6.54 Å². The number of rotatable bonds is 6. The average molecular weight is 428 g/mol. The molecule has 1 aromatic rings. The van der Waals surface area contributed by atoms with Crippen LogP contribution in [0.15, 0.2) is 24.3 Å². The van der Waals surface area contributed by atoms with Crippen LogP contribution in [0.1, 0.15) is 67.8 Å². The van der Waals surface area contributed by atoms with Gasteiger partial charge in [-0.15, -0.1) is 24.8 Å². The van der Waals surface area contributed by atoms with E-state index in [1.54, 1.807) is 0 Å². The molecule has 1 amide bonds. The van der Waals surface area contributed by atoms with Crippen LogP contribution in [0, 0.1) is 11.8 Å². The van der Waals surface area contributed by atoms with E-state index in [1.165, 1.54) is 37.7 Å². The third kappa shape index (κ3) is 5.41. The summed E-state index contributed by atoms with van der Waals surface area (Å²) in [6, 6.07) is 9.66. The minimum absolute atomic E-state index is 0. The quantitative estimate of drug-likeness (QED) is 0.716. The highest BCUT2D eigenvalue weighted by atomic mass is 35.5. The van der Waals surface area contributed by atoms with Crippen molar-refractivity contribution in [3.05, 3.63) is 35.4 Å². The third-order valence-electron chi connectivity index (χ3n) is 6.75. The summed E-state index contributed by atoms with van der Waals surface area (Å²) in [4.78, 5) is 15.3. The molecule has 3 aliphatic carbocycles. The maximum Gasteiger partial charge on any atom is 0.251 e. The van der Waals surface area contributed by atoms with Gasteiger partial charge in [0.05, 0.1) is 0 Å². The summed E-state index contributed by atoms with van der Waals surface area (Å²) in [6.45, 7) is 4.32. The number of hydrogen-bond acceptors (Lipinski definition) is 3. The van der Waals surface area contributed by atoms with Crippen molar-refractivity contribution in [3.63, 3.8) is 0 Å². The molecule has 2 bridgehead atoms. The van der Waals surface area contributed by atoms with Crippen molar-refractivity contribution < 1.29 is 4.79 Å². The molecule has 2 unspecified atom stereocenters. The third-order valence-corrected chi connectivity index (χ3v) is 6.75. The molecule has 6 heteroatoms. The van der Waals surface area contributed by atoms with Crippen LogP contribution in [0.3, 0.4) is 0 Å². The van der Waals surface area contributed by atoms with Crippen molar-refractivity contribution in [2.75, 3.05) is 6.54 Å². The maximum atomic E-state index is 12.8. The highest BCUT2D eigenvalue weighted by molar-refractivity contribution is 5.94. The van der Waals surface area contributed by atoms with E-state index in [0.29, 0.717) is 23.9 Å². The van der Waals surface area contributed by atoms with Gasteiger partial charge in [-0.25, -0.2) is 0 Å². The maximum absolute atomic E-state index is 12.8. The molecule has 0 heterocycles. The lowest BCUT2D eigenvalue weighted by Gasteiger charge is -2.45. The molecule has 0 saturated heterocycles. The fourth-order valence-electron chi connectivity index (χ4n) is 5.19. The molecular weight excluding hydrogens is 393 g/mol. The average Bonchev–Trinajstić information content (AvgIpc) is 3.46. The molecular formula is C22H35Cl2N3O. The van der Waals surface area contributed by atoms with Crippen molar-refractivity contribution in [2.45, 2.75) is 76.5 Å². The van der Waals surface area contributed by atoms with Crippen LogP contribution in [-0.4, -0.2) is 35.5 Å². The van der Waals surface area contributed by atoms with Gasteiger partial charge >= 0.3 is 0 Å². The van der Waals surface area contributed by atoms with E-state index in [-0.39, 0.29) is 30.7 Å². The van der Waals surface area contributed by atoms with Gasteiger partial charge in [0.15, 0.2) is 0 Å². The minimum atomic E-state index is 0. The number of fused-ring (bicyclic) bond motifs is 2. The van der Waals surface area contributed by atoms with Gasteiger partial charge in [-0.2, -0.15) is 0 Å². The van der Waals surface area contributed by atoms with Crippen LogP contribution >= 0.6 is 24.8 Å². The van der Waals surface area contributed by atoms with E-state index < -0.39 is 0 Å². The number of amides is 1. The second-order valence-electron chi connectivity index (χ2n) is 8.67. The number of nitrogens with zero attached hydrogens (tertiary/aromatic N) is 1. The predicted octanol–water partition coefficient (Wildman–Crippen LogP) is 4.15. The van der Waals surface area contributed by atoms with Gasteiger partial charge < -0.3 is 11.1 Å². The molecule has 3 N–H and O–H groups in total. The zero-order valence-corrected chi connectivity index (χ0v) is 18.4. The topological polar surface area (TPSA) is 58.4 Å². The molecule has 0 spiro atoms. The highest BCUT2D eigenvalue weighted by Gasteiger charge is 2.40. The Morgan fingerprint density at radius 2 is 1.68 bits per heavy atom. The van der Waals surface area contributed by atoms with Crippen LogP contribution in [0.2, 0.25) is 0 Å². The Hall–Kier alpha value is -0.810. The number of hydrogen-bond donors (Lipinski definition) is 2. The monoisotopic (exact) mass is 427 g/mol. The van der Waals surface area contributed by atoms with E-state index in [0.717, 1.165) is 37.5 Å². The van der Waals surface area contributed by atoms with Gasteiger partial charge in [0.1, 0.15) is 0 Å². The summed E-state index contributed by atoms with van der Waals surface area (Å²) < 4.78 is 0. The number of nitrogens with two attached hydrogens (primary N) is 1. The Morgan fingerprint density at radius 1 is 1.07 bits per heavy atom.